The van der Waals surface area contributed by atoms with E-state index in [0.29, 0.717) is 0 Å². The molecule has 2 nitrogen and oxygen atoms in total. The molecule has 0 saturated heterocycles. The lowest BCUT2D eigenvalue weighted by atomic mass is 10.1. The molecule has 4 heteroatoms. The third-order valence-electron chi connectivity index (χ3n) is 5.55. The van der Waals surface area contributed by atoms with Crippen LogP contribution in [0.4, 0.5) is 0 Å². The second kappa shape index (κ2) is 6.61. The topological polar surface area (TPSA) is 31.6 Å². The van der Waals surface area contributed by atoms with E-state index in [1.807, 2.05) is 21.6 Å². The molecule has 0 radical (unpaired) electrons. The van der Waals surface area contributed by atoms with Crippen molar-refractivity contribution >= 4 is 65.2 Å². The maximum Gasteiger partial charge on any atom is 0.0614 e. The van der Waals surface area contributed by atoms with Crippen LogP contribution < -0.4 is 0 Å². The fourth-order valence-electron chi connectivity index (χ4n) is 4.11. The number of aryl methyl sites for hydroxylation is 1. The molecule has 0 amide bonds. The lowest BCUT2D eigenvalue weighted by Gasteiger charge is -2.08. The number of H-pyrrole nitrogens is 2. The zero-order valence-electron chi connectivity index (χ0n) is 15.8. The number of aromatic nitrogens is 2. The second-order valence-electron chi connectivity index (χ2n) is 7.32. The van der Waals surface area contributed by atoms with Crippen LogP contribution in [0.5, 0.6) is 0 Å². The molecule has 0 spiro atoms. The van der Waals surface area contributed by atoms with E-state index < -0.39 is 0 Å². The van der Waals surface area contributed by atoms with Gasteiger partial charge in [0.25, 0.3) is 0 Å². The van der Waals surface area contributed by atoms with Crippen molar-refractivity contribution in [3.63, 3.8) is 0 Å². The van der Waals surface area contributed by atoms with Gasteiger partial charge < -0.3 is 9.97 Å². The third-order valence-corrected chi connectivity index (χ3v) is 8.13. The third kappa shape index (κ3) is 2.67. The first-order valence-corrected chi connectivity index (χ1v) is 11.8. The van der Waals surface area contributed by atoms with Crippen LogP contribution >= 0.6 is 21.6 Å². The number of rotatable bonds is 3. The van der Waals surface area contributed by atoms with Gasteiger partial charge in [0, 0.05) is 42.4 Å². The molecule has 6 aromatic rings. The Hall–Kier alpha value is -2.82. The van der Waals surface area contributed by atoms with Crippen molar-refractivity contribution in [3.8, 4) is 0 Å². The first kappa shape index (κ1) is 17.1. The summed E-state index contributed by atoms with van der Waals surface area (Å²) in [4.78, 5) is 9.82. The summed E-state index contributed by atoms with van der Waals surface area (Å²) in [7, 11) is 3.66. The van der Waals surface area contributed by atoms with E-state index >= 15 is 0 Å². The van der Waals surface area contributed by atoms with Crippen molar-refractivity contribution in [1.82, 2.24) is 9.97 Å². The van der Waals surface area contributed by atoms with Crippen molar-refractivity contribution in [2.45, 2.75) is 16.7 Å². The maximum absolute atomic E-state index is 3.64. The highest BCUT2D eigenvalue weighted by atomic mass is 33.1. The molecule has 0 aliphatic heterocycles. The first-order chi connectivity index (χ1) is 14.3. The highest BCUT2D eigenvalue weighted by Gasteiger charge is 2.13. The molecule has 0 fully saturated rings. The Balaban J connectivity index is 1.46. The smallest absolute Gasteiger partial charge is 0.0614 e. The first-order valence-electron chi connectivity index (χ1n) is 9.63. The average molecular weight is 411 g/mol. The van der Waals surface area contributed by atoms with Crippen molar-refractivity contribution in [2.75, 3.05) is 0 Å². The minimum absolute atomic E-state index is 1.19. The van der Waals surface area contributed by atoms with Crippen molar-refractivity contribution in [3.05, 3.63) is 84.4 Å². The fraction of sp³-hybridized carbons (Fsp3) is 0.0400. The van der Waals surface area contributed by atoms with E-state index in [4.69, 9.17) is 0 Å². The number of para-hydroxylation sites is 3. The van der Waals surface area contributed by atoms with Gasteiger partial charge in [-0.1, -0.05) is 71.5 Å². The molecule has 0 aliphatic carbocycles. The molecule has 2 N–H and O–H groups in total. The summed E-state index contributed by atoms with van der Waals surface area (Å²) < 4.78 is 0. The van der Waals surface area contributed by atoms with Crippen LogP contribution in [0.1, 0.15) is 5.56 Å². The zero-order chi connectivity index (χ0) is 19.4. The number of hydrogen-bond donors (Lipinski definition) is 2. The second-order valence-corrected chi connectivity index (χ2v) is 9.50. The average Bonchev–Trinajstić information content (AvgIpc) is 3.32. The molecule has 2 aromatic heterocycles. The predicted octanol–water partition coefficient (Wildman–Crippen LogP) is 8.06. The molecular formula is C25H18N2S2. The summed E-state index contributed by atoms with van der Waals surface area (Å²) in [6, 6.07) is 28.1. The maximum atomic E-state index is 3.64. The Morgan fingerprint density at radius 3 is 1.93 bits per heavy atom. The van der Waals surface area contributed by atoms with E-state index in [0.717, 1.165) is 0 Å². The summed E-state index contributed by atoms with van der Waals surface area (Å²) >= 11 is 0. The molecule has 0 unspecified atom stereocenters. The molecule has 6 rings (SSSR count). The number of aromatic amines is 2. The number of fused-ring (bicyclic) bond motifs is 6. The largest absolute Gasteiger partial charge is 0.354 e. The van der Waals surface area contributed by atoms with Crippen LogP contribution in [0.25, 0.3) is 43.6 Å². The predicted molar refractivity (Wildman–Crippen MR) is 128 cm³/mol. The van der Waals surface area contributed by atoms with E-state index in [9.17, 15) is 0 Å². The van der Waals surface area contributed by atoms with Crippen molar-refractivity contribution in [1.29, 1.82) is 0 Å². The number of nitrogens with one attached hydrogen (secondary N) is 2. The van der Waals surface area contributed by atoms with Gasteiger partial charge >= 0.3 is 0 Å². The Morgan fingerprint density at radius 1 is 0.552 bits per heavy atom. The number of benzene rings is 4. The van der Waals surface area contributed by atoms with Crippen LogP contribution in [0.3, 0.4) is 0 Å². The molecular weight excluding hydrogens is 392 g/mol. The lowest BCUT2D eigenvalue weighted by Crippen LogP contribution is -1.81. The van der Waals surface area contributed by atoms with Crippen molar-refractivity contribution < 1.29 is 0 Å². The highest BCUT2D eigenvalue weighted by Crippen LogP contribution is 2.45. The van der Waals surface area contributed by atoms with Crippen LogP contribution in [0.2, 0.25) is 0 Å². The van der Waals surface area contributed by atoms with E-state index in [1.54, 1.807) is 0 Å². The van der Waals surface area contributed by atoms with Gasteiger partial charge in [-0.2, -0.15) is 0 Å². The number of hydrogen-bond acceptors (Lipinski definition) is 2. The Bertz CT molecular complexity index is 1520. The highest BCUT2D eigenvalue weighted by molar-refractivity contribution is 8.76. The molecule has 140 valence electrons. The van der Waals surface area contributed by atoms with Gasteiger partial charge in [0.2, 0.25) is 0 Å². The standard InChI is InChI=1S/C25H18N2S2/c1-15-13-14-19-17-8-3-5-11-21(17)27-24(19)25(15)29-28-22-12-6-9-18-16-7-2-4-10-20(16)26-23(18)22/h2-14,26-27H,1H3. The molecule has 0 bridgehead atoms. The van der Waals surface area contributed by atoms with Gasteiger partial charge in [-0.05, 0) is 41.5 Å². The van der Waals surface area contributed by atoms with E-state index in [2.05, 4.69) is 95.8 Å². The van der Waals surface area contributed by atoms with Gasteiger partial charge in [0.1, 0.15) is 0 Å². The SMILES string of the molecule is Cc1ccc2c([nH]c3ccccc32)c1SSc1cccc2c1[nH]c1ccccc12. The van der Waals surface area contributed by atoms with Crippen LogP contribution in [0.15, 0.2) is 88.7 Å². The summed E-state index contributed by atoms with van der Waals surface area (Å²) in [6.45, 7) is 2.19. The summed E-state index contributed by atoms with van der Waals surface area (Å²) in [5, 5.41) is 5.14. The summed E-state index contributed by atoms with van der Waals surface area (Å²) in [6.07, 6.45) is 0. The minimum Gasteiger partial charge on any atom is -0.354 e. The van der Waals surface area contributed by atoms with Crippen LogP contribution in [-0.2, 0) is 0 Å². The molecule has 0 atom stereocenters. The quantitative estimate of drug-likeness (QED) is 0.289. The summed E-state index contributed by atoms with van der Waals surface area (Å²) in [5.41, 5.74) is 6.12. The van der Waals surface area contributed by atoms with Crippen molar-refractivity contribution in [2.24, 2.45) is 0 Å². The molecule has 29 heavy (non-hydrogen) atoms. The minimum atomic E-state index is 1.19. The Kier molecular flexibility index (Phi) is 3.89. The monoisotopic (exact) mass is 410 g/mol. The van der Waals surface area contributed by atoms with Gasteiger partial charge in [0.05, 0.1) is 11.0 Å². The van der Waals surface area contributed by atoms with Gasteiger partial charge in [-0.3, -0.25) is 0 Å². The van der Waals surface area contributed by atoms with Gasteiger partial charge in [0.15, 0.2) is 0 Å². The Morgan fingerprint density at radius 2 is 1.17 bits per heavy atom. The zero-order valence-corrected chi connectivity index (χ0v) is 17.5. The van der Waals surface area contributed by atoms with Gasteiger partial charge in [-0.15, -0.1) is 0 Å². The van der Waals surface area contributed by atoms with Gasteiger partial charge in [-0.25, -0.2) is 0 Å². The van der Waals surface area contributed by atoms with E-state index in [1.165, 1.54) is 59.0 Å². The molecule has 4 aromatic carbocycles. The van der Waals surface area contributed by atoms with Crippen LogP contribution in [0, 0.1) is 6.92 Å². The molecule has 0 saturated carbocycles. The molecule has 0 aliphatic rings. The Labute approximate surface area is 176 Å². The molecule has 2 heterocycles. The van der Waals surface area contributed by atoms with Crippen LogP contribution in [-0.4, -0.2) is 9.97 Å². The lowest BCUT2D eigenvalue weighted by molar-refractivity contribution is 1.33. The summed E-state index contributed by atoms with van der Waals surface area (Å²) in [5.74, 6) is 0. The van der Waals surface area contributed by atoms with E-state index in [-0.39, 0.29) is 0 Å². The fourth-order valence-corrected chi connectivity index (χ4v) is 6.68. The normalized spacial score (nSPS) is 11.9.